The van der Waals surface area contributed by atoms with Crippen LogP contribution in [0.25, 0.3) is 0 Å². The Morgan fingerprint density at radius 2 is 2.50 bits per heavy atom. The predicted molar refractivity (Wildman–Crippen MR) is 22.2 cm³/mol. The summed E-state index contributed by atoms with van der Waals surface area (Å²) >= 11 is 0. The molecule has 0 aliphatic rings. The van der Waals surface area contributed by atoms with Crippen molar-refractivity contribution in [3.8, 4) is 0 Å². The number of nitrogens with two attached hydrogens (primary N) is 1. The number of hydrogen-bond acceptors (Lipinski definition) is 3. The second kappa shape index (κ2) is 2.47. The molecule has 4 N–H and O–H groups in total. The third kappa shape index (κ3) is 1.54. The van der Waals surface area contributed by atoms with Crippen molar-refractivity contribution >= 4 is 5.84 Å². The van der Waals surface area contributed by atoms with Crippen LogP contribution in [0.3, 0.4) is 0 Å². The van der Waals surface area contributed by atoms with E-state index in [1.807, 2.05) is 0 Å². The first kappa shape index (κ1) is 5.23. The molecule has 0 atom stereocenters. The lowest BCUT2D eigenvalue weighted by Gasteiger charge is -1.88. The Morgan fingerprint density at radius 1 is 2.00 bits per heavy atom. The molecular weight excluding hydrogens is 82.0 g/mol. The van der Waals surface area contributed by atoms with Gasteiger partial charge in [-0.05, 0) is 6.92 Å². The highest BCUT2D eigenvalue weighted by atomic mass is 16.4. The Kier molecular flexibility index (Phi) is 2.15. The van der Waals surface area contributed by atoms with Crippen LogP contribution in [-0.4, -0.2) is 11.0 Å². The van der Waals surface area contributed by atoms with Crippen LogP contribution in [0, 0.1) is 0 Å². The van der Waals surface area contributed by atoms with Gasteiger partial charge in [0.15, 0.2) is 5.84 Å². The van der Waals surface area contributed by atoms with Crippen LogP contribution in [0.2, 0.25) is 0 Å². The minimum Gasteiger partial charge on any atom is -0.409 e. The molecule has 0 saturated heterocycles. The molecule has 0 spiro atoms. The molecular formula is C2H7N3O. The van der Waals surface area contributed by atoms with Crippen LogP contribution in [0.15, 0.2) is 5.16 Å². The first-order valence-corrected chi connectivity index (χ1v) is 1.46. The fourth-order valence-electron chi connectivity index (χ4n) is 0.0289. The van der Waals surface area contributed by atoms with Gasteiger partial charge in [-0.1, -0.05) is 5.16 Å². The summed E-state index contributed by atoms with van der Waals surface area (Å²) in [5.74, 6) is 5.04. The highest BCUT2D eigenvalue weighted by Crippen LogP contribution is 1.56. The molecule has 0 fully saturated rings. The average Bonchev–Trinajstić information content (AvgIpc) is 1.65. The number of oxime groups is 1. The van der Waals surface area contributed by atoms with Gasteiger partial charge in [-0.25, -0.2) is 5.84 Å². The van der Waals surface area contributed by atoms with Crippen molar-refractivity contribution in [2.45, 2.75) is 6.92 Å². The lowest BCUT2D eigenvalue weighted by molar-refractivity contribution is 0.316. The zero-order valence-corrected chi connectivity index (χ0v) is 3.47. The SMILES string of the molecule is C/C(=N/O)NN. The third-order valence-electron chi connectivity index (χ3n) is 0.359. The quantitative estimate of drug-likeness (QED) is 0.120. The van der Waals surface area contributed by atoms with Crippen LogP contribution in [-0.2, 0) is 0 Å². The molecule has 0 aliphatic heterocycles. The van der Waals surface area contributed by atoms with E-state index in [4.69, 9.17) is 11.0 Å². The van der Waals surface area contributed by atoms with Gasteiger partial charge in [0.2, 0.25) is 0 Å². The number of hydrazine groups is 1. The van der Waals surface area contributed by atoms with Gasteiger partial charge in [-0.3, -0.25) is 0 Å². The maximum atomic E-state index is 7.78. The predicted octanol–water partition coefficient (Wildman–Crippen LogP) is -0.743. The molecule has 0 radical (unpaired) electrons. The lowest BCUT2D eigenvalue weighted by atomic mass is 10.7. The number of amidine groups is 1. The summed E-state index contributed by atoms with van der Waals surface area (Å²) in [5, 5.41) is 10.5. The summed E-state index contributed by atoms with van der Waals surface area (Å²) in [5.41, 5.74) is 2.11. The minimum atomic E-state index is 0.301. The second-order valence-electron chi connectivity index (χ2n) is 0.830. The fourth-order valence-corrected chi connectivity index (χ4v) is 0.0289. The topological polar surface area (TPSA) is 70.6 Å². The molecule has 4 nitrogen and oxygen atoms in total. The molecule has 0 amide bonds. The molecule has 0 rings (SSSR count). The van der Waals surface area contributed by atoms with E-state index in [0.717, 1.165) is 0 Å². The zero-order valence-electron chi connectivity index (χ0n) is 3.47. The Labute approximate surface area is 35.6 Å². The van der Waals surface area contributed by atoms with E-state index >= 15 is 0 Å². The molecule has 0 aliphatic carbocycles. The molecule has 6 heavy (non-hydrogen) atoms. The van der Waals surface area contributed by atoms with Gasteiger partial charge in [0.1, 0.15) is 0 Å². The van der Waals surface area contributed by atoms with Crippen molar-refractivity contribution in [1.29, 1.82) is 0 Å². The number of nitrogens with zero attached hydrogens (tertiary/aromatic N) is 1. The first-order valence-electron chi connectivity index (χ1n) is 1.46. The molecule has 0 aromatic heterocycles. The Morgan fingerprint density at radius 3 is 2.50 bits per heavy atom. The van der Waals surface area contributed by atoms with Crippen LogP contribution >= 0.6 is 0 Å². The average molecular weight is 89.1 g/mol. The van der Waals surface area contributed by atoms with Gasteiger partial charge in [0.05, 0.1) is 0 Å². The molecule has 0 saturated carbocycles. The highest BCUT2D eigenvalue weighted by Gasteiger charge is 1.74. The van der Waals surface area contributed by atoms with Gasteiger partial charge in [0, 0.05) is 0 Å². The van der Waals surface area contributed by atoms with Gasteiger partial charge in [0.25, 0.3) is 0 Å². The molecule has 4 heteroatoms. The van der Waals surface area contributed by atoms with Crippen molar-refractivity contribution < 1.29 is 5.21 Å². The molecule has 0 aromatic carbocycles. The number of rotatable bonds is 0. The molecule has 0 unspecified atom stereocenters. The standard InChI is InChI=1S/C2H7N3O/c1-2(4-3)5-6/h6H,3H2,1H3,(H,4,5). The van der Waals surface area contributed by atoms with Crippen LogP contribution < -0.4 is 11.3 Å². The van der Waals surface area contributed by atoms with E-state index < -0.39 is 0 Å². The maximum absolute atomic E-state index is 7.78. The Bertz CT molecular complexity index is 59.8. The summed E-state index contributed by atoms with van der Waals surface area (Å²) in [4.78, 5) is 0. The van der Waals surface area contributed by atoms with Crippen LogP contribution in [0.5, 0.6) is 0 Å². The summed E-state index contributed by atoms with van der Waals surface area (Å²) < 4.78 is 0. The Hall–Kier alpha value is -0.770. The largest absolute Gasteiger partial charge is 0.409 e. The minimum absolute atomic E-state index is 0.301. The number of hydrogen-bond donors (Lipinski definition) is 3. The van der Waals surface area contributed by atoms with E-state index in [1.54, 1.807) is 6.92 Å². The van der Waals surface area contributed by atoms with Crippen molar-refractivity contribution in [1.82, 2.24) is 5.43 Å². The van der Waals surface area contributed by atoms with Crippen LogP contribution in [0.1, 0.15) is 6.92 Å². The molecule has 36 valence electrons. The normalized spacial score (nSPS) is 11.3. The van der Waals surface area contributed by atoms with E-state index in [2.05, 4.69) is 10.6 Å². The summed E-state index contributed by atoms with van der Waals surface area (Å²) in [6, 6.07) is 0. The smallest absolute Gasteiger partial charge is 0.152 e. The van der Waals surface area contributed by atoms with Crippen LogP contribution in [0.4, 0.5) is 0 Å². The first-order chi connectivity index (χ1) is 2.81. The zero-order chi connectivity index (χ0) is 4.99. The summed E-state index contributed by atoms with van der Waals surface area (Å²) in [6.45, 7) is 1.54. The van der Waals surface area contributed by atoms with Gasteiger partial charge in [-0.2, -0.15) is 0 Å². The van der Waals surface area contributed by atoms with Crippen molar-refractivity contribution in [2.75, 3.05) is 0 Å². The maximum Gasteiger partial charge on any atom is 0.152 e. The van der Waals surface area contributed by atoms with E-state index in [-0.39, 0.29) is 0 Å². The van der Waals surface area contributed by atoms with Gasteiger partial charge in [-0.15, -0.1) is 0 Å². The Balaban J connectivity index is 3.22. The van der Waals surface area contributed by atoms with E-state index in [0.29, 0.717) is 5.84 Å². The highest BCUT2D eigenvalue weighted by molar-refractivity contribution is 5.77. The van der Waals surface area contributed by atoms with E-state index in [9.17, 15) is 0 Å². The van der Waals surface area contributed by atoms with Crippen molar-refractivity contribution in [2.24, 2.45) is 11.0 Å². The number of nitrogens with one attached hydrogen (secondary N) is 1. The van der Waals surface area contributed by atoms with Gasteiger partial charge < -0.3 is 10.6 Å². The van der Waals surface area contributed by atoms with Crippen molar-refractivity contribution in [3.05, 3.63) is 0 Å². The molecule has 0 aromatic rings. The van der Waals surface area contributed by atoms with E-state index in [1.165, 1.54) is 0 Å². The second-order valence-corrected chi connectivity index (χ2v) is 0.830. The summed E-state index contributed by atoms with van der Waals surface area (Å²) in [6.07, 6.45) is 0. The summed E-state index contributed by atoms with van der Waals surface area (Å²) in [7, 11) is 0. The third-order valence-corrected chi connectivity index (χ3v) is 0.359. The molecule has 0 bridgehead atoms. The monoisotopic (exact) mass is 89.1 g/mol. The van der Waals surface area contributed by atoms with Crippen molar-refractivity contribution in [3.63, 3.8) is 0 Å². The molecule has 0 heterocycles. The fraction of sp³-hybridized carbons (Fsp3) is 0.500. The lowest BCUT2D eigenvalue weighted by Crippen LogP contribution is -2.27. The van der Waals surface area contributed by atoms with Gasteiger partial charge >= 0.3 is 0 Å².